The van der Waals surface area contributed by atoms with Crippen LogP contribution in [0.4, 0.5) is 0 Å². The molecule has 2 nitrogen and oxygen atoms in total. The third kappa shape index (κ3) is 4.01. The Hall–Kier alpha value is -0.540. The number of fused-ring (bicyclic) bond motifs is 1. The first-order valence-electron chi connectivity index (χ1n) is 8.29. The molecular formula is C18H28BrNO. The molecule has 0 saturated carbocycles. The van der Waals surface area contributed by atoms with Crippen LogP contribution in [0.1, 0.15) is 51.2 Å². The van der Waals surface area contributed by atoms with E-state index in [-0.39, 0.29) is 0 Å². The molecule has 3 heteroatoms. The fraction of sp³-hybridized carbons (Fsp3) is 0.667. The number of hydrogen-bond donors (Lipinski definition) is 1. The minimum atomic E-state index is 0.329. The van der Waals surface area contributed by atoms with E-state index in [0.717, 1.165) is 38.3 Å². The van der Waals surface area contributed by atoms with Crippen molar-refractivity contribution in [3.63, 3.8) is 0 Å². The number of benzene rings is 1. The van der Waals surface area contributed by atoms with Gasteiger partial charge < -0.3 is 10.1 Å². The van der Waals surface area contributed by atoms with Gasteiger partial charge in [-0.25, -0.2) is 0 Å². The second-order valence-electron chi connectivity index (χ2n) is 6.21. The van der Waals surface area contributed by atoms with Gasteiger partial charge in [0.1, 0.15) is 5.75 Å². The molecule has 1 aromatic rings. The van der Waals surface area contributed by atoms with E-state index >= 15 is 0 Å². The second-order valence-corrected chi connectivity index (χ2v) is 7.13. The molecule has 2 rings (SSSR count). The van der Waals surface area contributed by atoms with Crippen LogP contribution in [0.3, 0.4) is 0 Å². The van der Waals surface area contributed by atoms with Gasteiger partial charge in [0, 0.05) is 17.4 Å². The van der Waals surface area contributed by atoms with Crippen LogP contribution in [0, 0.1) is 5.41 Å². The summed E-state index contributed by atoms with van der Waals surface area (Å²) in [5.74, 6) is 1.15. The molecule has 0 fully saturated rings. The van der Waals surface area contributed by atoms with Gasteiger partial charge in [-0.1, -0.05) is 36.7 Å². The largest absolute Gasteiger partial charge is 0.493 e. The fourth-order valence-corrected chi connectivity index (χ4v) is 3.78. The van der Waals surface area contributed by atoms with Crippen molar-refractivity contribution in [2.45, 2.75) is 52.9 Å². The molecular weight excluding hydrogens is 326 g/mol. The van der Waals surface area contributed by atoms with Gasteiger partial charge in [0.25, 0.3) is 0 Å². The maximum Gasteiger partial charge on any atom is 0.125 e. The summed E-state index contributed by atoms with van der Waals surface area (Å²) in [5, 5.41) is 3.63. The van der Waals surface area contributed by atoms with Crippen LogP contribution in [0.15, 0.2) is 16.6 Å². The molecule has 21 heavy (non-hydrogen) atoms. The van der Waals surface area contributed by atoms with Crippen LogP contribution < -0.4 is 10.1 Å². The maximum atomic E-state index is 5.90. The topological polar surface area (TPSA) is 21.3 Å². The molecule has 0 radical (unpaired) electrons. The van der Waals surface area contributed by atoms with Crippen molar-refractivity contribution in [3.05, 3.63) is 27.7 Å². The summed E-state index contributed by atoms with van der Waals surface area (Å²) in [4.78, 5) is 0. The lowest BCUT2D eigenvalue weighted by atomic mass is 9.76. The Morgan fingerprint density at radius 2 is 2.00 bits per heavy atom. The van der Waals surface area contributed by atoms with E-state index in [9.17, 15) is 0 Å². The van der Waals surface area contributed by atoms with Crippen LogP contribution in [-0.4, -0.2) is 19.7 Å². The highest BCUT2D eigenvalue weighted by molar-refractivity contribution is 9.10. The third-order valence-corrected chi connectivity index (χ3v) is 5.28. The Labute approximate surface area is 137 Å². The van der Waals surface area contributed by atoms with E-state index in [2.05, 4.69) is 54.2 Å². The first-order chi connectivity index (χ1) is 10.1. The third-order valence-electron chi connectivity index (χ3n) is 4.82. The summed E-state index contributed by atoms with van der Waals surface area (Å²) in [5.41, 5.74) is 3.07. The van der Waals surface area contributed by atoms with Gasteiger partial charge in [-0.3, -0.25) is 0 Å². The molecule has 0 saturated heterocycles. The standard InChI is InChI=1S/C18H28BrNO/c1-4-8-20-13-18(5-2,6-3)12-15-11-16(19)10-14-7-9-21-17(14)15/h10-11,20H,4-9,12-13H2,1-3H3. The SMILES string of the molecule is CCCNCC(CC)(CC)Cc1cc(Br)cc2c1OCC2. The molecule has 0 atom stereocenters. The van der Waals surface area contributed by atoms with Crippen molar-refractivity contribution in [1.82, 2.24) is 5.32 Å². The van der Waals surface area contributed by atoms with Gasteiger partial charge in [0.15, 0.2) is 0 Å². The highest BCUT2D eigenvalue weighted by atomic mass is 79.9. The van der Waals surface area contributed by atoms with E-state index in [1.165, 1.54) is 34.9 Å². The first-order valence-corrected chi connectivity index (χ1v) is 9.08. The zero-order valence-electron chi connectivity index (χ0n) is 13.6. The second kappa shape index (κ2) is 7.64. The van der Waals surface area contributed by atoms with Crippen molar-refractivity contribution in [1.29, 1.82) is 0 Å². The number of nitrogens with one attached hydrogen (secondary N) is 1. The van der Waals surface area contributed by atoms with Gasteiger partial charge in [0.05, 0.1) is 6.61 Å². The van der Waals surface area contributed by atoms with E-state index in [1.54, 1.807) is 0 Å². The van der Waals surface area contributed by atoms with Crippen LogP contribution in [0.2, 0.25) is 0 Å². The predicted octanol–water partition coefficient (Wildman–Crippen LogP) is 4.73. The lowest BCUT2D eigenvalue weighted by Gasteiger charge is -2.33. The molecule has 1 aliphatic rings. The number of hydrogen-bond acceptors (Lipinski definition) is 2. The molecule has 0 aliphatic carbocycles. The van der Waals surface area contributed by atoms with Gasteiger partial charge in [-0.2, -0.15) is 0 Å². The van der Waals surface area contributed by atoms with E-state index in [0.29, 0.717) is 5.41 Å². The minimum Gasteiger partial charge on any atom is -0.493 e. The van der Waals surface area contributed by atoms with Gasteiger partial charge >= 0.3 is 0 Å². The molecule has 0 aromatic heterocycles. The average molecular weight is 354 g/mol. The molecule has 0 unspecified atom stereocenters. The van der Waals surface area contributed by atoms with Crippen molar-refractivity contribution in [2.75, 3.05) is 19.7 Å². The predicted molar refractivity (Wildman–Crippen MR) is 93.2 cm³/mol. The smallest absolute Gasteiger partial charge is 0.125 e. The first kappa shape index (κ1) is 16.8. The molecule has 0 amide bonds. The summed E-state index contributed by atoms with van der Waals surface area (Å²) >= 11 is 3.66. The highest BCUT2D eigenvalue weighted by Crippen LogP contribution is 2.39. The molecule has 0 spiro atoms. The normalized spacial score (nSPS) is 14.1. The Balaban J connectivity index is 2.20. The van der Waals surface area contributed by atoms with Crippen LogP contribution in [0.5, 0.6) is 5.75 Å². The van der Waals surface area contributed by atoms with Gasteiger partial charge in [-0.15, -0.1) is 0 Å². The summed E-state index contributed by atoms with van der Waals surface area (Å²) in [6.07, 6.45) is 5.72. The zero-order valence-corrected chi connectivity index (χ0v) is 15.2. The fourth-order valence-electron chi connectivity index (χ4n) is 3.22. The lowest BCUT2D eigenvalue weighted by molar-refractivity contribution is 0.243. The number of rotatable bonds is 8. The van der Waals surface area contributed by atoms with Crippen LogP contribution >= 0.6 is 15.9 Å². The van der Waals surface area contributed by atoms with Crippen molar-refractivity contribution in [3.8, 4) is 5.75 Å². The monoisotopic (exact) mass is 353 g/mol. The molecule has 118 valence electrons. The summed E-state index contributed by atoms with van der Waals surface area (Å²) in [7, 11) is 0. The summed E-state index contributed by atoms with van der Waals surface area (Å²) in [6.45, 7) is 9.88. The minimum absolute atomic E-state index is 0.329. The summed E-state index contributed by atoms with van der Waals surface area (Å²) < 4.78 is 7.09. The molecule has 1 aromatic carbocycles. The number of halogens is 1. The Morgan fingerprint density at radius 1 is 1.24 bits per heavy atom. The molecule has 1 N–H and O–H groups in total. The van der Waals surface area contributed by atoms with Crippen LogP contribution in [0.25, 0.3) is 0 Å². The Morgan fingerprint density at radius 3 is 2.67 bits per heavy atom. The van der Waals surface area contributed by atoms with Crippen molar-refractivity contribution in [2.24, 2.45) is 5.41 Å². The number of ether oxygens (including phenoxy) is 1. The Bertz CT molecular complexity index is 469. The van der Waals surface area contributed by atoms with Gasteiger partial charge in [0.2, 0.25) is 0 Å². The highest BCUT2D eigenvalue weighted by Gasteiger charge is 2.29. The van der Waals surface area contributed by atoms with E-state index in [4.69, 9.17) is 4.74 Å². The quantitative estimate of drug-likeness (QED) is 0.682. The van der Waals surface area contributed by atoms with Crippen LogP contribution in [-0.2, 0) is 12.8 Å². The lowest BCUT2D eigenvalue weighted by Crippen LogP contribution is -2.35. The van der Waals surface area contributed by atoms with Gasteiger partial charge in [-0.05, 0) is 60.9 Å². The Kier molecular flexibility index (Phi) is 6.12. The molecule has 0 bridgehead atoms. The zero-order chi connectivity index (χ0) is 15.3. The molecule has 1 heterocycles. The average Bonchev–Trinajstić information content (AvgIpc) is 2.94. The van der Waals surface area contributed by atoms with Crippen molar-refractivity contribution >= 4 is 15.9 Å². The van der Waals surface area contributed by atoms with E-state index < -0.39 is 0 Å². The van der Waals surface area contributed by atoms with Crippen molar-refractivity contribution < 1.29 is 4.74 Å². The maximum absolute atomic E-state index is 5.90. The summed E-state index contributed by atoms with van der Waals surface area (Å²) in [6, 6.07) is 4.46. The van der Waals surface area contributed by atoms with E-state index in [1.807, 2.05) is 0 Å². The molecule has 1 aliphatic heterocycles.